The number of methoxy groups -OCH3 is 1. The molecule has 0 spiro atoms. The van der Waals surface area contributed by atoms with Crippen LogP contribution in [0.1, 0.15) is 22.7 Å². The Labute approximate surface area is 137 Å². The molecule has 8 nitrogen and oxygen atoms in total. The van der Waals surface area contributed by atoms with E-state index in [9.17, 15) is 4.79 Å². The summed E-state index contributed by atoms with van der Waals surface area (Å²) in [5.74, 6) is 0.878. The minimum Gasteiger partial charge on any atom is -0.454 e. The number of rotatable bonds is 10. The molecular formula is C15H27N5O3. The number of carbonyl (C=O) groups is 1. The maximum atomic E-state index is 11.0. The van der Waals surface area contributed by atoms with Crippen molar-refractivity contribution in [2.45, 2.75) is 13.0 Å². The Morgan fingerprint density at radius 2 is 2.17 bits per heavy atom. The minimum absolute atomic E-state index is 0.155. The molecule has 0 saturated heterocycles. The first-order valence-electron chi connectivity index (χ1n) is 7.57. The predicted molar refractivity (Wildman–Crippen MR) is 89.4 cm³/mol. The fraction of sp³-hybridized carbons (Fsp3) is 0.600. The summed E-state index contributed by atoms with van der Waals surface area (Å²) in [5.41, 5.74) is 5.15. The lowest BCUT2D eigenvalue weighted by Gasteiger charge is -2.17. The van der Waals surface area contributed by atoms with Crippen LogP contribution in [-0.4, -0.2) is 64.2 Å². The van der Waals surface area contributed by atoms with Gasteiger partial charge in [-0.05, 0) is 25.6 Å². The minimum atomic E-state index is -0.574. The summed E-state index contributed by atoms with van der Waals surface area (Å²) >= 11 is 0. The number of likely N-dealkylation sites (N-methyl/N-ethyl adjacent to an activating group) is 1. The van der Waals surface area contributed by atoms with E-state index in [1.54, 1.807) is 26.3 Å². The van der Waals surface area contributed by atoms with Crippen LogP contribution in [0.25, 0.3) is 0 Å². The topological polar surface area (TPSA) is 105 Å². The monoisotopic (exact) mass is 325 g/mol. The van der Waals surface area contributed by atoms with Crippen LogP contribution in [0.3, 0.4) is 0 Å². The Morgan fingerprint density at radius 3 is 2.78 bits per heavy atom. The number of carbonyl (C=O) groups excluding carboxylic acids is 1. The van der Waals surface area contributed by atoms with E-state index in [1.807, 2.05) is 0 Å². The Hall–Kier alpha value is -2.06. The van der Waals surface area contributed by atoms with E-state index in [-0.39, 0.29) is 5.76 Å². The van der Waals surface area contributed by atoms with Crippen molar-refractivity contribution in [2.24, 2.45) is 10.7 Å². The molecule has 0 aliphatic carbocycles. The number of amides is 1. The van der Waals surface area contributed by atoms with Gasteiger partial charge in [-0.15, -0.1) is 0 Å². The Balaban J connectivity index is 2.25. The van der Waals surface area contributed by atoms with Crippen LogP contribution in [0, 0.1) is 0 Å². The number of aliphatic imine (C=N–C) groups is 1. The highest BCUT2D eigenvalue weighted by molar-refractivity contribution is 5.89. The molecule has 0 aliphatic heterocycles. The molecule has 1 heterocycles. The van der Waals surface area contributed by atoms with Crippen LogP contribution >= 0.6 is 0 Å². The van der Waals surface area contributed by atoms with Gasteiger partial charge in [-0.3, -0.25) is 9.79 Å². The lowest BCUT2D eigenvalue weighted by Crippen LogP contribution is -2.40. The van der Waals surface area contributed by atoms with E-state index >= 15 is 0 Å². The molecule has 1 rings (SSSR count). The normalized spacial score (nSPS) is 11.7. The summed E-state index contributed by atoms with van der Waals surface area (Å²) in [6, 6.07) is 3.27. The molecule has 4 N–H and O–H groups in total. The van der Waals surface area contributed by atoms with Gasteiger partial charge >= 0.3 is 0 Å². The summed E-state index contributed by atoms with van der Waals surface area (Å²) < 4.78 is 10.3. The smallest absolute Gasteiger partial charge is 0.284 e. The zero-order valence-electron chi connectivity index (χ0n) is 14.1. The van der Waals surface area contributed by atoms with Gasteiger partial charge in [0.25, 0.3) is 5.91 Å². The second-order valence-electron chi connectivity index (χ2n) is 5.13. The number of nitrogens with two attached hydrogens (primary N) is 1. The lowest BCUT2D eigenvalue weighted by molar-refractivity contribution is 0.0972. The summed E-state index contributed by atoms with van der Waals surface area (Å²) in [5, 5.41) is 6.34. The number of guanidine groups is 1. The van der Waals surface area contributed by atoms with Crippen molar-refractivity contribution in [3.63, 3.8) is 0 Å². The molecule has 0 fully saturated rings. The number of hydrogen-bond acceptors (Lipinski definition) is 5. The molecule has 0 bridgehead atoms. The third kappa shape index (κ3) is 7.66. The Kier molecular flexibility index (Phi) is 8.78. The fourth-order valence-corrected chi connectivity index (χ4v) is 1.95. The SMILES string of the molecule is CN=C(NCCN(C)CCCOC)NCc1ccc(C(N)=O)o1. The van der Waals surface area contributed by atoms with E-state index < -0.39 is 5.91 Å². The van der Waals surface area contributed by atoms with Crippen molar-refractivity contribution >= 4 is 11.9 Å². The van der Waals surface area contributed by atoms with E-state index in [4.69, 9.17) is 14.9 Å². The number of hydrogen-bond donors (Lipinski definition) is 3. The van der Waals surface area contributed by atoms with Crippen molar-refractivity contribution in [2.75, 3.05) is 47.4 Å². The van der Waals surface area contributed by atoms with Crippen molar-refractivity contribution in [3.8, 4) is 0 Å². The molecule has 1 aromatic heterocycles. The average molecular weight is 325 g/mol. The van der Waals surface area contributed by atoms with Gasteiger partial charge in [-0.1, -0.05) is 0 Å². The summed E-state index contributed by atoms with van der Waals surface area (Å²) in [4.78, 5) is 17.3. The van der Waals surface area contributed by atoms with Crippen molar-refractivity contribution < 1.29 is 13.9 Å². The molecule has 23 heavy (non-hydrogen) atoms. The maximum Gasteiger partial charge on any atom is 0.284 e. The van der Waals surface area contributed by atoms with E-state index in [1.165, 1.54) is 0 Å². The van der Waals surface area contributed by atoms with Gasteiger partial charge < -0.3 is 30.4 Å². The van der Waals surface area contributed by atoms with Crippen LogP contribution in [-0.2, 0) is 11.3 Å². The van der Waals surface area contributed by atoms with Crippen LogP contribution in [0.2, 0.25) is 0 Å². The third-order valence-corrected chi connectivity index (χ3v) is 3.23. The maximum absolute atomic E-state index is 11.0. The quantitative estimate of drug-likeness (QED) is 0.318. The molecule has 0 atom stereocenters. The number of nitrogens with zero attached hydrogens (tertiary/aromatic N) is 2. The average Bonchev–Trinajstić information content (AvgIpc) is 3.00. The summed E-state index contributed by atoms with van der Waals surface area (Å²) in [7, 11) is 5.49. The molecular weight excluding hydrogens is 298 g/mol. The van der Waals surface area contributed by atoms with Gasteiger partial charge in [-0.25, -0.2) is 0 Å². The standard InChI is InChI=1S/C15H27N5O3/c1-17-15(18-7-9-20(2)8-4-10-22-3)19-11-12-5-6-13(23-12)14(16)21/h5-6H,4,7-11H2,1-3H3,(H2,16,21)(H2,17,18,19). The predicted octanol–water partition coefficient (Wildman–Crippen LogP) is 0.0118. The molecule has 0 unspecified atom stereocenters. The molecule has 0 aromatic carbocycles. The Morgan fingerprint density at radius 1 is 1.39 bits per heavy atom. The first-order valence-corrected chi connectivity index (χ1v) is 7.57. The van der Waals surface area contributed by atoms with Gasteiger partial charge in [-0.2, -0.15) is 0 Å². The van der Waals surface area contributed by atoms with Crippen LogP contribution in [0.4, 0.5) is 0 Å². The van der Waals surface area contributed by atoms with Crippen molar-refractivity contribution in [3.05, 3.63) is 23.7 Å². The van der Waals surface area contributed by atoms with Gasteiger partial charge in [0.05, 0.1) is 6.54 Å². The van der Waals surface area contributed by atoms with Gasteiger partial charge in [0.1, 0.15) is 5.76 Å². The van der Waals surface area contributed by atoms with Gasteiger partial charge in [0.15, 0.2) is 11.7 Å². The van der Waals surface area contributed by atoms with Crippen LogP contribution in [0.5, 0.6) is 0 Å². The second kappa shape index (κ2) is 10.6. The van der Waals surface area contributed by atoms with Crippen LogP contribution in [0.15, 0.2) is 21.5 Å². The highest BCUT2D eigenvalue weighted by Gasteiger charge is 2.07. The number of ether oxygens (including phenoxy) is 1. The molecule has 130 valence electrons. The Bertz CT molecular complexity index is 501. The molecule has 1 aromatic rings. The zero-order valence-corrected chi connectivity index (χ0v) is 14.1. The van der Waals surface area contributed by atoms with E-state index in [0.29, 0.717) is 18.3 Å². The van der Waals surface area contributed by atoms with Crippen LogP contribution < -0.4 is 16.4 Å². The lowest BCUT2D eigenvalue weighted by atomic mass is 10.4. The van der Waals surface area contributed by atoms with Gasteiger partial charge in [0, 0.05) is 40.4 Å². The first-order chi connectivity index (χ1) is 11.1. The molecule has 0 aliphatic rings. The number of nitrogens with one attached hydrogen (secondary N) is 2. The molecule has 0 saturated carbocycles. The van der Waals surface area contributed by atoms with Crippen molar-refractivity contribution in [1.29, 1.82) is 0 Å². The number of furan rings is 1. The van der Waals surface area contributed by atoms with E-state index in [2.05, 4.69) is 27.6 Å². The van der Waals surface area contributed by atoms with Gasteiger partial charge in [0.2, 0.25) is 0 Å². The zero-order chi connectivity index (χ0) is 17.1. The summed E-state index contributed by atoms with van der Waals surface area (Å²) in [6.07, 6.45) is 1.01. The first kappa shape index (κ1) is 19.0. The second-order valence-corrected chi connectivity index (χ2v) is 5.13. The van der Waals surface area contributed by atoms with E-state index in [0.717, 1.165) is 32.7 Å². The summed E-state index contributed by atoms with van der Waals surface area (Å²) in [6.45, 7) is 3.86. The fourth-order valence-electron chi connectivity index (χ4n) is 1.95. The largest absolute Gasteiger partial charge is 0.454 e. The van der Waals surface area contributed by atoms with Crippen molar-refractivity contribution in [1.82, 2.24) is 15.5 Å². The molecule has 1 amide bonds. The molecule has 0 radical (unpaired) electrons. The highest BCUT2D eigenvalue weighted by Crippen LogP contribution is 2.06. The molecule has 8 heteroatoms. The third-order valence-electron chi connectivity index (χ3n) is 3.23. The highest BCUT2D eigenvalue weighted by atomic mass is 16.5. The number of primary amides is 1.